The SMILES string of the molecule is COc1ccc(CN(C(=O)CN(Cc2ccccc2)S(C)(=O)=O)[C@@H](C(=O)NCCCOC(C)C)c2ccccc2)cc1. The molecule has 0 aliphatic rings. The quantitative estimate of drug-likeness (QED) is 0.250. The smallest absolute Gasteiger partial charge is 0.247 e. The van der Waals surface area contributed by atoms with Crippen LogP contribution in [-0.4, -0.2) is 68.6 Å². The predicted octanol–water partition coefficient (Wildman–Crippen LogP) is 4.16. The highest BCUT2D eigenvalue weighted by molar-refractivity contribution is 7.88. The molecule has 3 aromatic carbocycles. The summed E-state index contributed by atoms with van der Waals surface area (Å²) in [5, 5.41) is 2.95. The van der Waals surface area contributed by atoms with Gasteiger partial charge in [0, 0.05) is 26.2 Å². The Morgan fingerprint density at radius 2 is 1.45 bits per heavy atom. The van der Waals surface area contributed by atoms with Crippen LogP contribution >= 0.6 is 0 Å². The van der Waals surface area contributed by atoms with E-state index in [0.717, 1.165) is 21.7 Å². The van der Waals surface area contributed by atoms with E-state index in [1.807, 2.05) is 50.2 Å². The molecule has 0 radical (unpaired) electrons. The lowest BCUT2D eigenvalue weighted by atomic mass is 10.0. The number of rotatable bonds is 16. The minimum atomic E-state index is -3.76. The summed E-state index contributed by atoms with van der Waals surface area (Å²) in [6, 6.07) is 24.3. The van der Waals surface area contributed by atoms with Gasteiger partial charge in [-0.2, -0.15) is 4.31 Å². The summed E-state index contributed by atoms with van der Waals surface area (Å²) in [6.07, 6.45) is 1.78. The minimum Gasteiger partial charge on any atom is -0.497 e. The first-order chi connectivity index (χ1) is 20.1. The molecule has 0 spiro atoms. The monoisotopic (exact) mass is 595 g/mol. The fourth-order valence-corrected chi connectivity index (χ4v) is 5.11. The van der Waals surface area contributed by atoms with E-state index in [1.165, 1.54) is 4.90 Å². The zero-order chi connectivity index (χ0) is 30.5. The topological polar surface area (TPSA) is 105 Å². The van der Waals surface area contributed by atoms with Crippen LogP contribution in [0.1, 0.15) is 43.0 Å². The number of nitrogens with one attached hydrogen (secondary N) is 1. The number of benzene rings is 3. The summed E-state index contributed by atoms with van der Waals surface area (Å²) < 4.78 is 37.6. The molecule has 42 heavy (non-hydrogen) atoms. The maximum absolute atomic E-state index is 14.1. The molecule has 0 unspecified atom stereocenters. The number of nitrogens with zero attached hydrogens (tertiary/aromatic N) is 2. The van der Waals surface area contributed by atoms with E-state index in [4.69, 9.17) is 9.47 Å². The Morgan fingerprint density at radius 1 is 0.857 bits per heavy atom. The van der Waals surface area contributed by atoms with Crippen LogP contribution in [0.4, 0.5) is 0 Å². The van der Waals surface area contributed by atoms with Gasteiger partial charge in [0.2, 0.25) is 21.8 Å². The van der Waals surface area contributed by atoms with Gasteiger partial charge in [-0.1, -0.05) is 72.8 Å². The molecule has 0 aliphatic carbocycles. The minimum absolute atomic E-state index is 0.0276. The summed E-state index contributed by atoms with van der Waals surface area (Å²) >= 11 is 0. The Labute approximate surface area is 249 Å². The fourth-order valence-electron chi connectivity index (χ4n) is 4.38. The lowest BCUT2D eigenvalue weighted by Crippen LogP contribution is -2.48. The Kier molecular flexibility index (Phi) is 12.5. The van der Waals surface area contributed by atoms with Crippen molar-refractivity contribution in [3.63, 3.8) is 0 Å². The van der Waals surface area contributed by atoms with Crippen LogP contribution < -0.4 is 10.1 Å². The summed E-state index contributed by atoms with van der Waals surface area (Å²) in [4.78, 5) is 29.3. The zero-order valence-electron chi connectivity index (χ0n) is 24.7. The molecule has 0 saturated carbocycles. The van der Waals surface area contributed by atoms with Crippen LogP contribution in [0, 0.1) is 0 Å². The van der Waals surface area contributed by atoms with E-state index >= 15 is 0 Å². The third kappa shape index (κ3) is 10.3. The molecule has 9 nitrogen and oxygen atoms in total. The molecular weight excluding hydrogens is 554 g/mol. The molecule has 0 fully saturated rings. The first-order valence-electron chi connectivity index (χ1n) is 13.9. The molecule has 2 amide bonds. The van der Waals surface area contributed by atoms with Gasteiger partial charge in [-0.15, -0.1) is 0 Å². The third-order valence-electron chi connectivity index (χ3n) is 6.56. The lowest BCUT2D eigenvalue weighted by Gasteiger charge is -2.33. The number of carbonyl (C=O) groups excluding carboxylic acids is 2. The Bertz CT molecular complexity index is 1370. The highest BCUT2D eigenvalue weighted by atomic mass is 32.2. The summed E-state index contributed by atoms with van der Waals surface area (Å²) in [6.45, 7) is 4.43. The van der Waals surface area contributed by atoms with Gasteiger partial charge in [0.05, 0.1) is 26.0 Å². The molecule has 1 N–H and O–H groups in total. The van der Waals surface area contributed by atoms with Crippen LogP contribution in [0.15, 0.2) is 84.9 Å². The average molecular weight is 596 g/mol. The van der Waals surface area contributed by atoms with E-state index in [1.54, 1.807) is 55.6 Å². The van der Waals surface area contributed by atoms with Gasteiger partial charge < -0.3 is 19.7 Å². The number of hydrogen-bond donors (Lipinski definition) is 1. The van der Waals surface area contributed by atoms with Gasteiger partial charge in [-0.25, -0.2) is 8.42 Å². The zero-order valence-corrected chi connectivity index (χ0v) is 25.5. The second-order valence-corrected chi connectivity index (χ2v) is 12.2. The first kappa shape index (κ1) is 32.8. The molecule has 226 valence electrons. The van der Waals surface area contributed by atoms with E-state index in [0.29, 0.717) is 30.9 Å². The summed E-state index contributed by atoms with van der Waals surface area (Å²) in [5.74, 6) is -0.204. The first-order valence-corrected chi connectivity index (χ1v) is 15.8. The molecule has 0 heterocycles. The molecule has 1 atom stereocenters. The molecule has 10 heteroatoms. The standard InChI is InChI=1S/C32H41N3O6S/c1-25(2)41-21-11-20-33-32(37)31(28-14-9-6-10-15-28)35(23-27-16-18-29(40-3)19-17-27)30(36)24-34(42(4,38)39)22-26-12-7-5-8-13-26/h5-10,12-19,25,31H,11,20-24H2,1-4H3,(H,33,37)/t31-/m1/s1. The molecule has 0 aliphatic heterocycles. The summed E-state index contributed by atoms with van der Waals surface area (Å²) in [7, 11) is -2.19. The van der Waals surface area contributed by atoms with Crippen LogP contribution in [0.3, 0.4) is 0 Å². The Hall–Kier alpha value is -3.73. The molecule has 0 saturated heterocycles. The van der Waals surface area contributed by atoms with Crippen molar-refractivity contribution in [2.24, 2.45) is 0 Å². The third-order valence-corrected chi connectivity index (χ3v) is 7.76. The van der Waals surface area contributed by atoms with Crippen molar-refractivity contribution in [1.82, 2.24) is 14.5 Å². The molecule has 0 aromatic heterocycles. The number of ether oxygens (including phenoxy) is 2. The van der Waals surface area contributed by atoms with E-state index < -0.39 is 28.5 Å². The Morgan fingerprint density at radius 3 is 2.02 bits per heavy atom. The van der Waals surface area contributed by atoms with Gasteiger partial charge in [0.15, 0.2) is 0 Å². The van der Waals surface area contributed by atoms with E-state index in [2.05, 4.69) is 5.32 Å². The fraction of sp³-hybridized carbons (Fsp3) is 0.375. The summed E-state index contributed by atoms with van der Waals surface area (Å²) in [5.41, 5.74) is 2.12. The molecule has 3 rings (SSSR count). The highest BCUT2D eigenvalue weighted by Crippen LogP contribution is 2.25. The maximum atomic E-state index is 14.1. The predicted molar refractivity (Wildman–Crippen MR) is 163 cm³/mol. The van der Waals surface area contributed by atoms with E-state index in [9.17, 15) is 18.0 Å². The van der Waals surface area contributed by atoms with Crippen LogP contribution in [0.25, 0.3) is 0 Å². The second-order valence-electron chi connectivity index (χ2n) is 10.3. The van der Waals surface area contributed by atoms with Gasteiger partial charge in [-0.05, 0) is 49.1 Å². The molecule has 0 bridgehead atoms. The second kappa shape index (κ2) is 16.1. The largest absolute Gasteiger partial charge is 0.497 e. The van der Waals surface area contributed by atoms with Crippen molar-refractivity contribution in [2.45, 2.75) is 45.5 Å². The van der Waals surface area contributed by atoms with Gasteiger partial charge in [0.1, 0.15) is 11.8 Å². The number of amides is 2. The van der Waals surface area contributed by atoms with Gasteiger partial charge in [0.25, 0.3) is 0 Å². The Balaban J connectivity index is 1.95. The number of carbonyl (C=O) groups is 2. The van der Waals surface area contributed by atoms with E-state index in [-0.39, 0.29) is 25.1 Å². The van der Waals surface area contributed by atoms with Crippen LogP contribution in [0.5, 0.6) is 5.75 Å². The van der Waals surface area contributed by atoms with Crippen LogP contribution in [-0.2, 0) is 37.4 Å². The number of hydrogen-bond acceptors (Lipinski definition) is 6. The molecule has 3 aromatic rings. The highest BCUT2D eigenvalue weighted by Gasteiger charge is 2.33. The van der Waals surface area contributed by atoms with Crippen molar-refractivity contribution in [3.8, 4) is 5.75 Å². The maximum Gasteiger partial charge on any atom is 0.247 e. The number of methoxy groups -OCH3 is 1. The van der Waals surface area contributed by atoms with Gasteiger partial charge in [-0.3, -0.25) is 9.59 Å². The number of sulfonamides is 1. The van der Waals surface area contributed by atoms with Crippen molar-refractivity contribution >= 4 is 21.8 Å². The van der Waals surface area contributed by atoms with Crippen molar-refractivity contribution in [1.29, 1.82) is 0 Å². The van der Waals surface area contributed by atoms with Crippen molar-refractivity contribution in [3.05, 3.63) is 102 Å². The molecular formula is C32H41N3O6S. The van der Waals surface area contributed by atoms with Crippen molar-refractivity contribution < 1.29 is 27.5 Å². The van der Waals surface area contributed by atoms with Gasteiger partial charge >= 0.3 is 0 Å². The van der Waals surface area contributed by atoms with Crippen molar-refractivity contribution in [2.75, 3.05) is 33.1 Å². The normalized spacial score (nSPS) is 12.2. The average Bonchev–Trinajstić information content (AvgIpc) is 2.97. The van der Waals surface area contributed by atoms with Crippen LogP contribution in [0.2, 0.25) is 0 Å². The lowest BCUT2D eigenvalue weighted by molar-refractivity contribution is -0.141.